The van der Waals surface area contributed by atoms with E-state index in [-0.39, 0.29) is 0 Å². The molecule has 7 aromatic carbocycles. The van der Waals surface area contributed by atoms with Gasteiger partial charge in [-0.15, -0.1) is 0 Å². The van der Waals surface area contributed by atoms with Crippen molar-refractivity contribution in [2.24, 2.45) is 0 Å². The summed E-state index contributed by atoms with van der Waals surface area (Å²) in [6.45, 7) is 0. The summed E-state index contributed by atoms with van der Waals surface area (Å²) >= 11 is 0. The summed E-state index contributed by atoms with van der Waals surface area (Å²) in [5.74, 6) is 0.651. The Morgan fingerprint density at radius 1 is 0.396 bits per heavy atom. The summed E-state index contributed by atoms with van der Waals surface area (Å²) in [5.41, 5.74) is 11.1. The van der Waals surface area contributed by atoms with Crippen LogP contribution < -0.4 is 0 Å². The summed E-state index contributed by atoms with van der Waals surface area (Å²) in [6.07, 6.45) is 0. The largest absolute Gasteiger partial charge is 0.456 e. The van der Waals surface area contributed by atoms with Crippen LogP contribution in [0.4, 0.5) is 0 Å². The van der Waals surface area contributed by atoms with Crippen molar-refractivity contribution in [3.63, 3.8) is 0 Å². The van der Waals surface area contributed by atoms with Crippen molar-refractivity contribution in [2.75, 3.05) is 0 Å². The van der Waals surface area contributed by atoms with E-state index >= 15 is 0 Å². The summed E-state index contributed by atoms with van der Waals surface area (Å²) in [4.78, 5) is 10.4. The minimum atomic E-state index is 0.651. The van der Waals surface area contributed by atoms with Crippen molar-refractivity contribution in [3.8, 4) is 44.9 Å². The molecule has 0 saturated heterocycles. The first kappa shape index (κ1) is 26.7. The number of nitrogens with zero attached hydrogens (tertiary/aromatic N) is 2. The number of para-hydroxylation sites is 1. The van der Waals surface area contributed by atoms with Gasteiger partial charge in [0.1, 0.15) is 28.0 Å². The van der Waals surface area contributed by atoms with E-state index in [1.165, 1.54) is 16.5 Å². The Hall–Kier alpha value is -6.52. The van der Waals surface area contributed by atoms with Gasteiger partial charge < -0.3 is 8.83 Å². The fourth-order valence-electron chi connectivity index (χ4n) is 6.94. The number of benzene rings is 7. The molecule has 4 nitrogen and oxygen atoms in total. The van der Waals surface area contributed by atoms with Gasteiger partial charge in [0.2, 0.25) is 0 Å². The van der Waals surface area contributed by atoms with Crippen molar-refractivity contribution in [1.82, 2.24) is 9.97 Å². The molecule has 224 valence electrons. The van der Waals surface area contributed by atoms with E-state index in [0.717, 1.165) is 71.8 Å². The standard InChI is InChI=1S/C44H26N2O2/c1-2-10-27(11-3-1)30-14-8-15-31(24-30)32-22-23-38-36(26-32)40-35(17-9-19-39(40)47-38)42-43-41(34-16-6-7-18-37(34)48-43)45-44(46-42)33-21-20-28-12-4-5-13-29(28)25-33/h1-26H. The van der Waals surface area contributed by atoms with E-state index in [1.54, 1.807) is 0 Å². The second-order valence-corrected chi connectivity index (χ2v) is 12.2. The van der Waals surface area contributed by atoms with Crippen LogP contribution >= 0.6 is 0 Å². The first-order valence-corrected chi connectivity index (χ1v) is 16.1. The molecule has 3 aromatic heterocycles. The molecule has 48 heavy (non-hydrogen) atoms. The zero-order chi connectivity index (χ0) is 31.6. The third-order valence-corrected chi connectivity index (χ3v) is 9.28. The van der Waals surface area contributed by atoms with E-state index < -0.39 is 0 Å². The number of furan rings is 2. The molecule has 0 spiro atoms. The highest BCUT2D eigenvalue weighted by molar-refractivity contribution is 6.16. The lowest BCUT2D eigenvalue weighted by Crippen LogP contribution is -1.94. The van der Waals surface area contributed by atoms with Gasteiger partial charge in [0, 0.05) is 27.3 Å². The predicted molar refractivity (Wildman–Crippen MR) is 196 cm³/mol. The van der Waals surface area contributed by atoms with Crippen molar-refractivity contribution >= 4 is 54.8 Å². The van der Waals surface area contributed by atoms with E-state index in [4.69, 9.17) is 18.8 Å². The molecule has 0 fully saturated rings. The number of hydrogen-bond acceptors (Lipinski definition) is 4. The molecule has 10 rings (SSSR count). The van der Waals surface area contributed by atoms with Gasteiger partial charge in [-0.3, -0.25) is 0 Å². The first-order valence-electron chi connectivity index (χ1n) is 16.1. The second kappa shape index (κ2) is 10.5. The average Bonchev–Trinajstić information content (AvgIpc) is 3.73. The second-order valence-electron chi connectivity index (χ2n) is 12.2. The Morgan fingerprint density at radius 3 is 2.00 bits per heavy atom. The van der Waals surface area contributed by atoms with E-state index in [0.29, 0.717) is 11.4 Å². The van der Waals surface area contributed by atoms with Crippen LogP contribution in [0.5, 0.6) is 0 Å². The van der Waals surface area contributed by atoms with Gasteiger partial charge in [-0.1, -0.05) is 115 Å². The highest BCUT2D eigenvalue weighted by Crippen LogP contribution is 2.42. The minimum absolute atomic E-state index is 0.651. The molecule has 3 heterocycles. The Kier molecular flexibility index (Phi) is 5.84. The lowest BCUT2D eigenvalue weighted by Gasteiger charge is -2.09. The van der Waals surface area contributed by atoms with Crippen LogP contribution in [0.15, 0.2) is 167 Å². The third kappa shape index (κ3) is 4.24. The van der Waals surface area contributed by atoms with Gasteiger partial charge >= 0.3 is 0 Å². The maximum atomic E-state index is 6.53. The quantitative estimate of drug-likeness (QED) is 0.198. The lowest BCUT2D eigenvalue weighted by atomic mass is 9.97. The van der Waals surface area contributed by atoms with Gasteiger partial charge in [0.25, 0.3) is 0 Å². The zero-order valence-corrected chi connectivity index (χ0v) is 25.7. The molecule has 0 bridgehead atoms. The Bertz CT molecular complexity index is 2850. The minimum Gasteiger partial charge on any atom is -0.456 e. The van der Waals surface area contributed by atoms with Crippen molar-refractivity contribution in [2.45, 2.75) is 0 Å². The van der Waals surface area contributed by atoms with Crippen LogP contribution in [0.3, 0.4) is 0 Å². The van der Waals surface area contributed by atoms with Gasteiger partial charge in [-0.05, 0) is 75.5 Å². The van der Waals surface area contributed by atoms with Crippen LogP contribution in [0, 0.1) is 0 Å². The highest BCUT2D eigenvalue weighted by atomic mass is 16.3. The Balaban J connectivity index is 1.22. The summed E-state index contributed by atoms with van der Waals surface area (Å²) in [6, 6.07) is 54.6. The molecule has 0 aliphatic carbocycles. The molecule has 0 atom stereocenters. The summed E-state index contributed by atoms with van der Waals surface area (Å²) in [5, 5.41) is 5.31. The summed E-state index contributed by atoms with van der Waals surface area (Å²) in [7, 11) is 0. The number of aromatic nitrogens is 2. The molecule has 10 aromatic rings. The van der Waals surface area contributed by atoms with Crippen LogP contribution in [-0.2, 0) is 0 Å². The smallest absolute Gasteiger partial charge is 0.180 e. The molecule has 0 aliphatic heterocycles. The van der Waals surface area contributed by atoms with E-state index in [9.17, 15) is 0 Å². The van der Waals surface area contributed by atoms with Crippen LogP contribution in [-0.4, -0.2) is 9.97 Å². The van der Waals surface area contributed by atoms with Crippen molar-refractivity contribution < 1.29 is 8.83 Å². The number of hydrogen-bond donors (Lipinski definition) is 0. The number of fused-ring (bicyclic) bond motifs is 7. The molecule has 0 unspecified atom stereocenters. The summed E-state index contributed by atoms with van der Waals surface area (Å²) < 4.78 is 13.0. The molecule has 0 saturated carbocycles. The Morgan fingerprint density at radius 2 is 1.08 bits per heavy atom. The SMILES string of the molecule is c1ccc(-c2cccc(-c3ccc4oc5cccc(-c6nc(-c7ccc8ccccc8c7)nc7c6oc6ccccc67)c5c4c3)c2)cc1. The molecule has 0 amide bonds. The lowest BCUT2D eigenvalue weighted by molar-refractivity contribution is 0.667. The van der Waals surface area contributed by atoms with Gasteiger partial charge in [-0.25, -0.2) is 9.97 Å². The predicted octanol–water partition coefficient (Wildman–Crippen LogP) is 12.1. The van der Waals surface area contributed by atoms with Crippen LogP contribution in [0.25, 0.3) is 99.7 Å². The molecule has 0 aliphatic rings. The number of rotatable bonds is 4. The molecule has 4 heteroatoms. The van der Waals surface area contributed by atoms with Crippen LogP contribution in [0.1, 0.15) is 0 Å². The van der Waals surface area contributed by atoms with Crippen LogP contribution in [0.2, 0.25) is 0 Å². The highest BCUT2D eigenvalue weighted by Gasteiger charge is 2.22. The maximum Gasteiger partial charge on any atom is 0.180 e. The van der Waals surface area contributed by atoms with E-state index in [2.05, 4.69) is 121 Å². The molecule has 0 N–H and O–H groups in total. The molecular weight excluding hydrogens is 588 g/mol. The maximum absolute atomic E-state index is 6.53. The molecule has 0 radical (unpaired) electrons. The van der Waals surface area contributed by atoms with E-state index in [1.807, 2.05) is 36.4 Å². The Labute approximate surface area is 275 Å². The fourth-order valence-corrected chi connectivity index (χ4v) is 6.94. The third-order valence-electron chi connectivity index (χ3n) is 9.28. The van der Waals surface area contributed by atoms with Crippen molar-refractivity contribution in [1.29, 1.82) is 0 Å². The average molecular weight is 615 g/mol. The topological polar surface area (TPSA) is 52.1 Å². The monoisotopic (exact) mass is 614 g/mol. The van der Waals surface area contributed by atoms with Gasteiger partial charge in [0.15, 0.2) is 11.4 Å². The zero-order valence-electron chi connectivity index (χ0n) is 25.7. The van der Waals surface area contributed by atoms with Gasteiger partial charge in [-0.2, -0.15) is 0 Å². The fraction of sp³-hybridized carbons (Fsp3) is 0. The normalized spacial score (nSPS) is 11.8. The van der Waals surface area contributed by atoms with Crippen molar-refractivity contribution in [3.05, 3.63) is 158 Å². The first-order chi connectivity index (χ1) is 23.8. The van der Waals surface area contributed by atoms with Gasteiger partial charge in [0.05, 0.1) is 0 Å². The molecular formula is C44H26N2O2.